The van der Waals surface area contributed by atoms with Gasteiger partial charge in [0, 0.05) is 12.1 Å². The minimum absolute atomic E-state index is 0.0955. The fourth-order valence-corrected chi connectivity index (χ4v) is 1.41. The van der Waals surface area contributed by atoms with E-state index in [4.69, 9.17) is 0 Å². The Morgan fingerprint density at radius 2 is 2.23 bits per heavy atom. The average molecular weight is 177 g/mol. The Hall–Kier alpha value is -1.31. The summed E-state index contributed by atoms with van der Waals surface area (Å²) in [6, 6.07) is 0. The topological polar surface area (TPSA) is 29.1 Å². The molecule has 0 spiro atoms. The zero-order chi connectivity index (χ0) is 9.84. The highest BCUT2D eigenvalue weighted by molar-refractivity contribution is 5.81. The van der Waals surface area contributed by atoms with E-state index >= 15 is 0 Å². The predicted octanol–water partition coefficient (Wildman–Crippen LogP) is 2.30. The molecule has 0 aliphatic carbocycles. The number of carbonyl (C=O) groups excluding carboxylic acids is 1. The molecule has 0 aromatic heterocycles. The van der Waals surface area contributed by atoms with Crippen LogP contribution in [-0.2, 0) is 4.79 Å². The van der Waals surface area contributed by atoms with Crippen molar-refractivity contribution in [1.29, 1.82) is 0 Å². The van der Waals surface area contributed by atoms with Gasteiger partial charge in [-0.15, -0.1) is 0 Å². The summed E-state index contributed by atoms with van der Waals surface area (Å²) in [5, 5.41) is 2.84. The molecule has 0 aromatic rings. The minimum Gasteiger partial charge on any atom is -0.326 e. The van der Waals surface area contributed by atoms with Gasteiger partial charge in [0.25, 0.3) is 0 Å². The van der Waals surface area contributed by atoms with Gasteiger partial charge in [-0.25, -0.2) is 0 Å². The summed E-state index contributed by atoms with van der Waals surface area (Å²) in [5.74, 6) is 0.0955. The molecule has 0 fully saturated rings. The second-order valence-electron chi connectivity index (χ2n) is 3.22. The maximum atomic E-state index is 11.1. The quantitative estimate of drug-likeness (QED) is 0.689. The van der Waals surface area contributed by atoms with Crippen LogP contribution in [0.4, 0.5) is 0 Å². The summed E-state index contributed by atoms with van der Waals surface area (Å²) in [6.07, 6.45) is 5.22. The van der Waals surface area contributed by atoms with Gasteiger partial charge in [0.2, 0.25) is 5.91 Å². The zero-order valence-corrected chi connectivity index (χ0v) is 8.18. The summed E-state index contributed by atoms with van der Waals surface area (Å²) < 4.78 is 0. The third kappa shape index (κ3) is 2.31. The Kier molecular flexibility index (Phi) is 3.07. The molecule has 2 heteroatoms. The Labute approximate surface area is 79.0 Å². The third-order valence-electron chi connectivity index (χ3n) is 2.05. The van der Waals surface area contributed by atoms with Crippen LogP contribution in [0.3, 0.4) is 0 Å². The lowest BCUT2D eigenvalue weighted by Gasteiger charge is -2.18. The van der Waals surface area contributed by atoms with E-state index in [9.17, 15) is 4.79 Å². The Morgan fingerprint density at radius 3 is 2.77 bits per heavy atom. The number of hydrogen-bond donors (Lipinski definition) is 1. The molecular weight excluding hydrogens is 162 g/mol. The first kappa shape index (κ1) is 9.78. The van der Waals surface area contributed by atoms with Crippen molar-refractivity contribution in [2.75, 3.05) is 0 Å². The van der Waals surface area contributed by atoms with E-state index in [2.05, 4.69) is 11.9 Å². The number of amides is 1. The fraction of sp³-hybridized carbons (Fsp3) is 0.364. The molecule has 1 aliphatic rings. The molecule has 1 amide bonds. The van der Waals surface area contributed by atoms with Crippen molar-refractivity contribution in [2.45, 2.75) is 26.7 Å². The van der Waals surface area contributed by atoms with Crippen molar-refractivity contribution in [2.24, 2.45) is 0 Å². The first-order valence-electron chi connectivity index (χ1n) is 4.46. The fourth-order valence-electron chi connectivity index (χ4n) is 1.41. The molecule has 0 bridgehead atoms. The second kappa shape index (κ2) is 4.08. The Bertz CT molecular complexity index is 297. The van der Waals surface area contributed by atoms with Crippen molar-refractivity contribution in [3.8, 4) is 0 Å². The highest BCUT2D eigenvalue weighted by Crippen LogP contribution is 2.22. The van der Waals surface area contributed by atoms with Gasteiger partial charge in [0.15, 0.2) is 0 Å². The molecule has 1 N–H and O–H groups in total. The van der Waals surface area contributed by atoms with E-state index in [-0.39, 0.29) is 5.91 Å². The first-order valence-corrected chi connectivity index (χ1v) is 4.46. The summed E-state index contributed by atoms with van der Waals surface area (Å²) in [4.78, 5) is 11.1. The maximum Gasteiger partial charge on any atom is 0.224 e. The van der Waals surface area contributed by atoms with Gasteiger partial charge in [0.05, 0.1) is 0 Å². The van der Waals surface area contributed by atoms with Gasteiger partial charge in [-0.3, -0.25) is 4.79 Å². The molecule has 2 nitrogen and oxygen atoms in total. The molecule has 0 atom stereocenters. The SMILES string of the molecule is C=C(C)C1=C(/C=C\C)NC(=O)CC1. The summed E-state index contributed by atoms with van der Waals surface area (Å²) in [7, 11) is 0. The van der Waals surface area contributed by atoms with Crippen LogP contribution >= 0.6 is 0 Å². The summed E-state index contributed by atoms with van der Waals surface area (Å²) >= 11 is 0. The summed E-state index contributed by atoms with van der Waals surface area (Å²) in [5.41, 5.74) is 3.11. The molecule has 1 aliphatic heterocycles. The summed E-state index contributed by atoms with van der Waals surface area (Å²) in [6.45, 7) is 7.80. The average Bonchev–Trinajstić information content (AvgIpc) is 2.04. The molecule has 70 valence electrons. The highest BCUT2D eigenvalue weighted by Gasteiger charge is 2.15. The molecule has 1 heterocycles. The van der Waals surface area contributed by atoms with Crippen molar-refractivity contribution < 1.29 is 4.79 Å². The van der Waals surface area contributed by atoms with Crippen molar-refractivity contribution in [3.63, 3.8) is 0 Å². The van der Waals surface area contributed by atoms with Gasteiger partial charge in [-0.1, -0.05) is 18.2 Å². The lowest BCUT2D eigenvalue weighted by Crippen LogP contribution is -2.27. The third-order valence-corrected chi connectivity index (χ3v) is 2.05. The van der Waals surface area contributed by atoms with Gasteiger partial charge >= 0.3 is 0 Å². The first-order chi connectivity index (χ1) is 6.15. The van der Waals surface area contributed by atoms with Crippen molar-refractivity contribution >= 4 is 5.91 Å². The number of hydrogen-bond acceptors (Lipinski definition) is 1. The number of rotatable bonds is 2. The lowest BCUT2D eigenvalue weighted by atomic mass is 9.97. The number of carbonyl (C=O) groups is 1. The van der Waals surface area contributed by atoms with E-state index in [0.29, 0.717) is 6.42 Å². The van der Waals surface area contributed by atoms with Crippen molar-refractivity contribution in [1.82, 2.24) is 5.32 Å². The monoisotopic (exact) mass is 177 g/mol. The minimum atomic E-state index is 0.0955. The molecule has 0 unspecified atom stereocenters. The van der Waals surface area contributed by atoms with Crippen LogP contribution in [0.15, 0.2) is 35.6 Å². The molecular formula is C11H15NO. The van der Waals surface area contributed by atoms with E-state index in [0.717, 1.165) is 23.3 Å². The zero-order valence-electron chi connectivity index (χ0n) is 8.18. The molecule has 0 saturated carbocycles. The Balaban J connectivity index is 3.00. The van der Waals surface area contributed by atoms with Gasteiger partial charge < -0.3 is 5.32 Å². The maximum absolute atomic E-state index is 11.1. The van der Waals surface area contributed by atoms with Crippen LogP contribution in [0.2, 0.25) is 0 Å². The van der Waals surface area contributed by atoms with Crippen molar-refractivity contribution in [3.05, 3.63) is 35.6 Å². The van der Waals surface area contributed by atoms with Crippen LogP contribution in [0, 0.1) is 0 Å². The van der Waals surface area contributed by atoms with Gasteiger partial charge in [-0.2, -0.15) is 0 Å². The smallest absolute Gasteiger partial charge is 0.224 e. The molecule has 0 aromatic carbocycles. The van der Waals surface area contributed by atoms with E-state index in [1.54, 1.807) is 0 Å². The largest absolute Gasteiger partial charge is 0.326 e. The number of nitrogens with one attached hydrogen (secondary N) is 1. The van der Waals surface area contributed by atoms with Gasteiger partial charge in [0.1, 0.15) is 0 Å². The van der Waals surface area contributed by atoms with E-state index in [1.807, 2.05) is 26.0 Å². The van der Waals surface area contributed by atoms with E-state index < -0.39 is 0 Å². The normalized spacial score (nSPS) is 17.8. The highest BCUT2D eigenvalue weighted by atomic mass is 16.1. The van der Waals surface area contributed by atoms with E-state index in [1.165, 1.54) is 0 Å². The van der Waals surface area contributed by atoms with Gasteiger partial charge in [-0.05, 0) is 31.9 Å². The van der Waals surface area contributed by atoms with Crippen LogP contribution in [0.25, 0.3) is 0 Å². The standard InChI is InChI=1S/C11H15NO/c1-4-5-10-9(8(2)3)6-7-11(13)12-10/h4-5H,2,6-7H2,1,3H3,(H,12,13)/b5-4-. The second-order valence-corrected chi connectivity index (χ2v) is 3.22. The predicted molar refractivity (Wildman–Crippen MR) is 54.0 cm³/mol. The molecule has 1 rings (SSSR count). The molecule has 13 heavy (non-hydrogen) atoms. The van der Waals surface area contributed by atoms with Crippen LogP contribution in [0.1, 0.15) is 26.7 Å². The number of allylic oxidation sites excluding steroid dienone is 4. The van der Waals surface area contributed by atoms with Crippen LogP contribution < -0.4 is 5.32 Å². The Morgan fingerprint density at radius 1 is 1.54 bits per heavy atom. The van der Waals surface area contributed by atoms with Crippen LogP contribution in [-0.4, -0.2) is 5.91 Å². The molecule has 0 radical (unpaired) electrons. The molecule has 0 saturated heterocycles. The van der Waals surface area contributed by atoms with Crippen LogP contribution in [0.5, 0.6) is 0 Å². The lowest BCUT2D eigenvalue weighted by molar-refractivity contribution is -0.120.